The highest BCUT2D eigenvalue weighted by molar-refractivity contribution is 5.32. The summed E-state index contributed by atoms with van der Waals surface area (Å²) in [6.07, 6.45) is 2.48. The first-order valence-electron chi connectivity index (χ1n) is 6.34. The Morgan fingerprint density at radius 3 is 3.11 bits per heavy atom. The lowest BCUT2D eigenvalue weighted by Gasteiger charge is -2.16. The van der Waals surface area contributed by atoms with Gasteiger partial charge in [-0.3, -0.25) is 5.10 Å². The van der Waals surface area contributed by atoms with E-state index in [4.69, 9.17) is 4.74 Å². The summed E-state index contributed by atoms with van der Waals surface area (Å²) in [5, 5.41) is 18.1. The molecule has 7 nitrogen and oxygen atoms in total. The number of aryl methyl sites for hydroxylation is 1. The summed E-state index contributed by atoms with van der Waals surface area (Å²) < 4.78 is 5.71. The van der Waals surface area contributed by atoms with Crippen LogP contribution in [0.2, 0.25) is 0 Å². The largest absolute Gasteiger partial charge is 0.370 e. The van der Waals surface area contributed by atoms with Gasteiger partial charge in [-0.2, -0.15) is 10.2 Å². The van der Waals surface area contributed by atoms with Crippen LogP contribution in [-0.2, 0) is 4.74 Å². The molecule has 2 N–H and O–H groups in total. The first-order chi connectivity index (χ1) is 9.33. The quantitative estimate of drug-likeness (QED) is 0.855. The Kier molecular flexibility index (Phi) is 3.37. The smallest absolute Gasteiger partial charge is 0.153 e. The number of hydrogen-bond donors (Lipinski definition) is 2. The number of aromatic nitrogens is 5. The molecule has 0 aromatic carbocycles. The summed E-state index contributed by atoms with van der Waals surface area (Å²) in [6, 6.07) is 3.87. The van der Waals surface area contributed by atoms with Gasteiger partial charge in [0.2, 0.25) is 0 Å². The van der Waals surface area contributed by atoms with Crippen LogP contribution in [0.5, 0.6) is 0 Å². The van der Waals surface area contributed by atoms with Crippen LogP contribution >= 0.6 is 0 Å². The summed E-state index contributed by atoms with van der Waals surface area (Å²) in [6.45, 7) is 3.45. The Bertz CT molecular complexity index is 512. The lowest BCUT2D eigenvalue weighted by Crippen LogP contribution is -2.19. The highest BCUT2D eigenvalue weighted by Crippen LogP contribution is 2.32. The lowest BCUT2D eigenvalue weighted by atomic mass is 10.0. The summed E-state index contributed by atoms with van der Waals surface area (Å²) in [7, 11) is 0. The number of nitrogens with zero attached hydrogens (tertiary/aromatic N) is 4. The standard InChI is InChI=1S/C12H16N6O/c1-8-2-3-10(17-16-8)13-6-9-4-5-19-11(9)12-14-7-15-18-12/h2-3,7,9,11H,4-6H2,1H3,(H,13,17)(H,14,15,18)/t9-,11-/m0/s1. The van der Waals surface area contributed by atoms with Gasteiger partial charge in [0.1, 0.15) is 18.2 Å². The molecule has 1 aliphatic rings. The zero-order valence-electron chi connectivity index (χ0n) is 10.7. The number of H-pyrrole nitrogens is 1. The molecule has 0 aliphatic carbocycles. The Hall–Kier alpha value is -2.02. The molecule has 0 spiro atoms. The SMILES string of the molecule is Cc1ccc(NC[C@@H]2CCO[C@@H]2c2ncn[nH]2)nn1. The molecule has 0 saturated carbocycles. The molecule has 2 aromatic rings. The van der Waals surface area contributed by atoms with Crippen molar-refractivity contribution >= 4 is 5.82 Å². The molecule has 0 amide bonds. The van der Waals surface area contributed by atoms with Gasteiger partial charge in [-0.15, -0.1) is 5.10 Å². The van der Waals surface area contributed by atoms with Crippen LogP contribution in [-0.4, -0.2) is 38.5 Å². The fourth-order valence-electron chi connectivity index (χ4n) is 2.23. The van der Waals surface area contributed by atoms with Gasteiger partial charge >= 0.3 is 0 Å². The van der Waals surface area contributed by atoms with Crippen LogP contribution in [0, 0.1) is 12.8 Å². The summed E-state index contributed by atoms with van der Waals surface area (Å²) in [4.78, 5) is 4.17. The molecule has 2 aromatic heterocycles. The maximum atomic E-state index is 5.71. The Morgan fingerprint density at radius 2 is 2.37 bits per heavy atom. The predicted molar refractivity (Wildman–Crippen MR) is 68.4 cm³/mol. The molecule has 0 bridgehead atoms. The van der Waals surface area contributed by atoms with E-state index in [1.165, 1.54) is 6.33 Å². The number of aromatic amines is 1. The molecule has 2 atom stereocenters. The molecule has 0 unspecified atom stereocenters. The molecular formula is C12H16N6O. The summed E-state index contributed by atoms with van der Waals surface area (Å²) in [5.41, 5.74) is 0.911. The van der Waals surface area contributed by atoms with Gasteiger partial charge in [0, 0.05) is 19.1 Å². The third-order valence-corrected chi connectivity index (χ3v) is 3.26. The first-order valence-corrected chi connectivity index (χ1v) is 6.34. The molecule has 0 radical (unpaired) electrons. The summed E-state index contributed by atoms with van der Waals surface area (Å²) in [5.74, 6) is 1.93. The highest BCUT2D eigenvalue weighted by atomic mass is 16.5. The van der Waals surface area contributed by atoms with Crippen molar-refractivity contribution in [2.45, 2.75) is 19.4 Å². The average molecular weight is 260 g/mol. The minimum atomic E-state index is -0.0200. The normalized spacial score (nSPS) is 22.6. The van der Waals surface area contributed by atoms with Crippen molar-refractivity contribution in [2.24, 2.45) is 5.92 Å². The van der Waals surface area contributed by atoms with E-state index in [2.05, 4.69) is 30.7 Å². The van der Waals surface area contributed by atoms with Gasteiger partial charge in [-0.05, 0) is 25.5 Å². The number of hydrogen-bond acceptors (Lipinski definition) is 6. The Labute approximate surface area is 110 Å². The first kappa shape index (κ1) is 12.0. The second-order valence-electron chi connectivity index (χ2n) is 4.65. The van der Waals surface area contributed by atoms with E-state index in [0.29, 0.717) is 5.92 Å². The molecular weight excluding hydrogens is 244 g/mol. The maximum absolute atomic E-state index is 5.71. The van der Waals surface area contributed by atoms with Gasteiger partial charge in [0.05, 0.1) is 5.69 Å². The van der Waals surface area contributed by atoms with Gasteiger partial charge in [-0.25, -0.2) is 4.98 Å². The van der Waals surface area contributed by atoms with Crippen molar-refractivity contribution in [2.75, 3.05) is 18.5 Å². The third-order valence-electron chi connectivity index (χ3n) is 3.26. The third kappa shape index (κ3) is 2.70. The van der Waals surface area contributed by atoms with E-state index >= 15 is 0 Å². The van der Waals surface area contributed by atoms with Crippen LogP contribution in [0.25, 0.3) is 0 Å². The molecule has 19 heavy (non-hydrogen) atoms. The minimum Gasteiger partial charge on any atom is -0.370 e. The average Bonchev–Trinajstić information content (AvgIpc) is 3.08. The minimum absolute atomic E-state index is 0.0200. The number of ether oxygens (including phenoxy) is 1. The van der Waals surface area contributed by atoms with Crippen molar-refractivity contribution in [1.82, 2.24) is 25.4 Å². The van der Waals surface area contributed by atoms with Crippen LogP contribution in [0.4, 0.5) is 5.82 Å². The van der Waals surface area contributed by atoms with Crippen LogP contribution < -0.4 is 5.32 Å². The molecule has 100 valence electrons. The van der Waals surface area contributed by atoms with Crippen molar-refractivity contribution in [1.29, 1.82) is 0 Å². The second-order valence-corrected chi connectivity index (χ2v) is 4.65. The van der Waals surface area contributed by atoms with E-state index in [9.17, 15) is 0 Å². The predicted octanol–water partition coefficient (Wildman–Crippen LogP) is 1.09. The number of rotatable bonds is 4. The highest BCUT2D eigenvalue weighted by Gasteiger charge is 2.31. The number of anilines is 1. The second kappa shape index (κ2) is 5.31. The fourth-order valence-corrected chi connectivity index (χ4v) is 2.23. The molecule has 1 fully saturated rings. The van der Waals surface area contributed by atoms with Gasteiger partial charge in [-0.1, -0.05) is 0 Å². The maximum Gasteiger partial charge on any atom is 0.153 e. The van der Waals surface area contributed by atoms with Gasteiger partial charge in [0.15, 0.2) is 5.82 Å². The van der Waals surface area contributed by atoms with E-state index in [1.807, 2.05) is 19.1 Å². The van der Waals surface area contributed by atoms with Crippen molar-refractivity contribution in [3.05, 3.63) is 30.0 Å². The Balaban J connectivity index is 1.61. The summed E-state index contributed by atoms with van der Waals surface area (Å²) >= 11 is 0. The van der Waals surface area contributed by atoms with Crippen molar-refractivity contribution in [3.8, 4) is 0 Å². The lowest BCUT2D eigenvalue weighted by molar-refractivity contribution is 0.0864. The zero-order chi connectivity index (χ0) is 13.1. The fraction of sp³-hybridized carbons (Fsp3) is 0.500. The molecule has 3 heterocycles. The number of nitrogens with one attached hydrogen (secondary N) is 2. The Morgan fingerprint density at radius 1 is 1.42 bits per heavy atom. The van der Waals surface area contributed by atoms with Crippen molar-refractivity contribution < 1.29 is 4.74 Å². The monoisotopic (exact) mass is 260 g/mol. The topological polar surface area (TPSA) is 88.6 Å². The van der Waals surface area contributed by atoms with Crippen molar-refractivity contribution in [3.63, 3.8) is 0 Å². The molecule has 1 aliphatic heterocycles. The van der Waals surface area contributed by atoms with E-state index in [0.717, 1.165) is 36.9 Å². The van der Waals surface area contributed by atoms with Crippen LogP contribution in [0.15, 0.2) is 18.5 Å². The molecule has 1 saturated heterocycles. The van der Waals surface area contributed by atoms with Crippen LogP contribution in [0.3, 0.4) is 0 Å². The van der Waals surface area contributed by atoms with E-state index < -0.39 is 0 Å². The van der Waals surface area contributed by atoms with E-state index in [-0.39, 0.29) is 6.10 Å². The zero-order valence-corrected chi connectivity index (χ0v) is 10.7. The molecule has 7 heteroatoms. The van der Waals surface area contributed by atoms with Crippen LogP contribution in [0.1, 0.15) is 24.0 Å². The van der Waals surface area contributed by atoms with E-state index in [1.54, 1.807) is 0 Å². The van der Waals surface area contributed by atoms with Gasteiger partial charge < -0.3 is 10.1 Å². The van der Waals surface area contributed by atoms with Gasteiger partial charge in [0.25, 0.3) is 0 Å². The molecule has 3 rings (SSSR count).